The van der Waals surface area contributed by atoms with Gasteiger partial charge in [0.25, 0.3) is 0 Å². The average molecular weight is 216 g/mol. The lowest BCUT2D eigenvalue weighted by Gasteiger charge is -2.07. The Kier molecular flexibility index (Phi) is 2.83. The van der Waals surface area contributed by atoms with Crippen molar-refractivity contribution in [3.05, 3.63) is 29.3 Å². The van der Waals surface area contributed by atoms with Crippen LogP contribution in [0.3, 0.4) is 0 Å². The fraction of sp³-hybridized carbons (Fsp3) is 0.400. The van der Waals surface area contributed by atoms with Crippen molar-refractivity contribution in [2.45, 2.75) is 12.7 Å². The van der Waals surface area contributed by atoms with Crippen LogP contribution in [0.25, 0.3) is 0 Å². The van der Waals surface area contributed by atoms with Crippen LogP contribution in [0.15, 0.2) is 12.1 Å². The SMILES string of the molecule is OCc1cc(F)c(OCC2CO2)c(F)c1. The van der Waals surface area contributed by atoms with Gasteiger partial charge in [-0.1, -0.05) is 0 Å². The third-order valence-electron chi connectivity index (χ3n) is 2.06. The fourth-order valence-electron chi connectivity index (χ4n) is 1.18. The van der Waals surface area contributed by atoms with Gasteiger partial charge >= 0.3 is 0 Å². The Bertz CT molecular complexity index is 341. The van der Waals surface area contributed by atoms with Gasteiger partial charge in [0.05, 0.1) is 13.2 Å². The van der Waals surface area contributed by atoms with E-state index in [1.807, 2.05) is 0 Å². The number of benzene rings is 1. The van der Waals surface area contributed by atoms with Gasteiger partial charge in [-0.3, -0.25) is 0 Å². The lowest BCUT2D eigenvalue weighted by molar-refractivity contribution is 0.241. The summed E-state index contributed by atoms with van der Waals surface area (Å²) >= 11 is 0. The van der Waals surface area contributed by atoms with Crippen molar-refractivity contribution >= 4 is 0 Å². The Balaban J connectivity index is 2.13. The van der Waals surface area contributed by atoms with Crippen LogP contribution in [0, 0.1) is 11.6 Å². The number of aliphatic hydroxyl groups excluding tert-OH is 1. The van der Waals surface area contributed by atoms with Gasteiger partial charge in [0.1, 0.15) is 12.7 Å². The van der Waals surface area contributed by atoms with Crippen molar-refractivity contribution in [2.75, 3.05) is 13.2 Å². The van der Waals surface area contributed by atoms with Gasteiger partial charge in [-0.05, 0) is 17.7 Å². The molecular weight excluding hydrogens is 206 g/mol. The van der Waals surface area contributed by atoms with E-state index in [0.717, 1.165) is 12.1 Å². The highest BCUT2D eigenvalue weighted by Gasteiger charge is 2.24. The predicted molar refractivity (Wildman–Crippen MR) is 47.5 cm³/mol. The van der Waals surface area contributed by atoms with Crippen molar-refractivity contribution in [2.24, 2.45) is 0 Å². The number of aliphatic hydroxyl groups is 1. The highest BCUT2D eigenvalue weighted by Crippen LogP contribution is 2.24. The second-order valence-corrected chi connectivity index (χ2v) is 3.31. The van der Waals surface area contributed by atoms with Gasteiger partial charge in [-0.2, -0.15) is 0 Å². The molecular formula is C10H10F2O3. The van der Waals surface area contributed by atoms with Crippen molar-refractivity contribution < 1.29 is 23.4 Å². The molecule has 1 unspecified atom stereocenters. The van der Waals surface area contributed by atoms with Crippen molar-refractivity contribution in [3.63, 3.8) is 0 Å². The molecule has 0 aromatic heterocycles. The van der Waals surface area contributed by atoms with E-state index < -0.39 is 24.0 Å². The predicted octanol–water partition coefficient (Wildman–Crippen LogP) is 1.23. The molecule has 1 aromatic carbocycles. The maximum Gasteiger partial charge on any atom is 0.190 e. The minimum Gasteiger partial charge on any atom is -0.485 e. The molecule has 0 radical (unpaired) electrons. The third kappa shape index (κ3) is 2.43. The smallest absolute Gasteiger partial charge is 0.190 e. The number of epoxide rings is 1. The second kappa shape index (κ2) is 4.12. The molecule has 1 saturated heterocycles. The largest absolute Gasteiger partial charge is 0.485 e. The number of hydrogen-bond donors (Lipinski definition) is 1. The number of halogens is 2. The molecule has 0 amide bonds. The maximum absolute atomic E-state index is 13.3. The standard InChI is InChI=1S/C10H10F2O3/c11-8-1-6(3-13)2-9(12)10(8)15-5-7-4-14-7/h1-2,7,13H,3-5H2. The van der Waals surface area contributed by atoms with Gasteiger partial charge in [-0.15, -0.1) is 0 Å². The van der Waals surface area contributed by atoms with E-state index in [-0.39, 0.29) is 18.3 Å². The Hall–Kier alpha value is -1.20. The molecule has 1 aliphatic heterocycles. The molecule has 0 aliphatic carbocycles. The van der Waals surface area contributed by atoms with Crippen molar-refractivity contribution in [3.8, 4) is 5.75 Å². The zero-order valence-electron chi connectivity index (χ0n) is 7.87. The molecule has 82 valence electrons. The summed E-state index contributed by atoms with van der Waals surface area (Å²) in [5.74, 6) is -2.03. The van der Waals surface area contributed by atoms with Crippen molar-refractivity contribution in [1.82, 2.24) is 0 Å². The number of ether oxygens (including phenoxy) is 2. The van der Waals surface area contributed by atoms with E-state index in [2.05, 4.69) is 0 Å². The summed E-state index contributed by atoms with van der Waals surface area (Å²) in [6, 6.07) is 2.10. The Labute approximate surface area is 85.2 Å². The molecule has 1 atom stereocenters. The van der Waals surface area contributed by atoms with Crippen molar-refractivity contribution in [1.29, 1.82) is 0 Å². The topological polar surface area (TPSA) is 42.0 Å². The molecule has 0 saturated carbocycles. The van der Waals surface area contributed by atoms with E-state index in [4.69, 9.17) is 14.6 Å². The van der Waals surface area contributed by atoms with Gasteiger partial charge in [0, 0.05) is 0 Å². The van der Waals surface area contributed by atoms with Crippen LogP contribution in [-0.2, 0) is 11.3 Å². The molecule has 0 spiro atoms. The molecule has 1 aliphatic rings. The third-order valence-corrected chi connectivity index (χ3v) is 2.06. The number of rotatable bonds is 4. The Morgan fingerprint density at radius 3 is 2.47 bits per heavy atom. The van der Waals surface area contributed by atoms with Gasteiger partial charge < -0.3 is 14.6 Å². The fourth-order valence-corrected chi connectivity index (χ4v) is 1.18. The van der Waals surface area contributed by atoms with Crippen LogP contribution in [0.4, 0.5) is 8.78 Å². The molecule has 3 nitrogen and oxygen atoms in total. The van der Waals surface area contributed by atoms with Crippen LogP contribution in [0.2, 0.25) is 0 Å². The second-order valence-electron chi connectivity index (χ2n) is 3.31. The summed E-state index contributed by atoms with van der Waals surface area (Å²) in [6.07, 6.45) is -0.0543. The average Bonchev–Trinajstić information content (AvgIpc) is 3.00. The normalized spacial score (nSPS) is 19.0. The van der Waals surface area contributed by atoms with Crippen LogP contribution in [0.5, 0.6) is 5.75 Å². The van der Waals surface area contributed by atoms with E-state index in [1.165, 1.54) is 0 Å². The minimum absolute atomic E-state index is 0.0543. The molecule has 1 N–H and O–H groups in total. The first-order chi connectivity index (χ1) is 7.20. The first kappa shape index (κ1) is 10.3. The lowest BCUT2D eigenvalue weighted by Crippen LogP contribution is -2.07. The van der Waals surface area contributed by atoms with Gasteiger partial charge in [-0.25, -0.2) is 8.78 Å². The molecule has 1 heterocycles. The zero-order valence-corrected chi connectivity index (χ0v) is 7.87. The van der Waals surface area contributed by atoms with Crippen LogP contribution in [-0.4, -0.2) is 24.4 Å². The number of hydrogen-bond acceptors (Lipinski definition) is 3. The van der Waals surface area contributed by atoms with Gasteiger partial charge in [0.2, 0.25) is 0 Å². The quantitative estimate of drug-likeness (QED) is 0.770. The summed E-state index contributed by atoms with van der Waals surface area (Å²) in [5.41, 5.74) is 0.181. The molecule has 1 fully saturated rings. The molecule has 1 aromatic rings. The van der Waals surface area contributed by atoms with Crippen LogP contribution >= 0.6 is 0 Å². The highest BCUT2D eigenvalue weighted by molar-refractivity contribution is 5.31. The maximum atomic E-state index is 13.3. The highest BCUT2D eigenvalue weighted by atomic mass is 19.1. The van der Waals surface area contributed by atoms with E-state index >= 15 is 0 Å². The summed E-state index contributed by atoms with van der Waals surface area (Å²) in [6.45, 7) is 0.310. The van der Waals surface area contributed by atoms with Gasteiger partial charge in [0.15, 0.2) is 17.4 Å². The first-order valence-electron chi connectivity index (χ1n) is 4.54. The summed E-state index contributed by atoms with van der Waals surface area (Å²) in [5, 5.41) is 8.71. The zero-order chi connectivity index (χ0) is 10.8. The summed E-state index contributed by atoms with van der Waals surface area (Å²) in [4.78, 5) is 0. The molecule has 2 rings (SSSR count). The minimum atomic E-state index is -0.806. The molecule has 15 heavy (non-hydrogen) atoms. The van der Waals surface area contributed by atoms with E-state index in [1.54, 1.807) is 0 Å². The monoisotopic (exact) mass is 216 g/mol. The summed E-state index contributed by atoms with van der Waals surface area (Å²) in [7, 11) is 0. The molecule has 0 bridgehead atoms. The summed E-state index contributed by atoms with van der Waals surface area (Å²) < 4.78 is 36.3. The van der Waals surface area contributed by atoms with Crippen LogP contribution in [0.1, 0.15) is 5.56 Å². The van der Waals surface area contributed by atoms with Crippen LogP contribution < -0.4 is 4.74 Å². The molecule has 5 heteroatoms. The van der Waals surface area contributed by atoms with E-state index in [9.17, 15) is 8.78 Å². The van der Waals surface area contributed by atoms with E-state index in [0.29, 0.717) is 6.61 Å². The Morgan fingerprint density at radius 2 is 2.00 bits per heavy atom. The first-order valence-corrected chi connectivity index (χ1v) is 4.54. The Morgan fingerprint density at radius 1 is 1.40 bits per heavy atom. The lowest BCUT2D eigenvalue weighted by atomic mass is 10.2.